The molecule has 1 amide bonds. The highest BCUT2D eigenvalue weighted by molar-refractivity contribution is 5.77. The summed E-state index contributed by atoms with van der Waals surface area (Å²) in [4.78, 5) is 18.3. The molecule has 128 valence electrons. The van der Waals surface area contributed by atoms with Gasteiger partial charge < -0.3 is 14.2 Å². The number of piperidine rings is 1. The maximum atomic E-state index is 13.3. The van der Waals surface area contributed by atoms with E-state index in [1.165, 1.54) is 12.1 Å². The Morgan fingerprint density at radius 1 is 1.46 bits per heavy atom. The summed E-state index contributed by atoms with van der Waals surface area (Å²) in [6, 6.07) is 6.31. The highest BCUT2D eigenvalue weighted by atomic mass is 19.1. The van der Waals surface area contributed by atoms with Gasteiger partial charge >= 0.3 is 0 Å². The van der Waals surface area contributed by atoms with Gasteiger partial charge in [-0.3, -0.25) is 4.79 Å². The predicted octanol–water partition coefficient (Wildman–Crippen LogP) is 2.30. The molecule has 2 aromatic rings. The lowest BCUT2D eigenvalue weighted by atomic mass is 9.97. The van der Waals surface area contributed by atoms with Crippen molar-refractivity contribution in [1.29, 1.82) is 0 Å². The van der Waals surface area contributed by atoms with Gasteiger partial charge in [-0.05, 0) is 24.1 Å². The smallest absolute Gasteiger partial charge is 0.231 e. The molecule has 1 aliphatic heterocycles. The van der Waals surface area contributed by atoms with Crippen molar-refractivity contribution in [3.05, 3.63) is 47.4 Å². The van der Waals surface area contributed by atoms with Crippen LogP contribution in [0, 0.1) is 5.82 Å². The minimum Gasteiger partial charge on any atom is -0.384 e. The third-order valence-corrected chi connectivity index (χ3v) is 4.13. The molecule has 1 unspecified atom stereocenters. The van der Waals surface area contributed by atoms with Gasteiger partial charge in [-0.1, -0.05) is 17.3 Å². The second-order valence-corrected chi connectivity index (χ2v) is 5.93. The lowest BCUT2D eigenvalue weighted by Gasteiger charge is -2.31. The van der Waals surface area contributed by atoms with E-state index < -0.39 is 0 Å². The number of halogens is 1. The number of carbonyl (C=O) groups is 1. The van der Waals surface area contributed by atoms with Gasteiger partial charge in [0.05, 0.1) is 12.5 Å². The van der Waals surface area contributed by atoms with Crippen molar-refractivity contribution in [3.63, 3.8) is 0 Å². The fourth-order valence-electron chi connectivity index (χ4n) is 2.85. The first kappa shape index (κ1) is 16.6. The normalized spacial score (nSPS) is 18.2. The molecule has 1 saturated heterocycles. The van der Waals surface area contributed by atoms with Crippen LogP contribution in [0.25, 0.3) is 0 Å². The number of benzene rings is 1. The maximum absolute atomic E-state index is 13.3. The predicted molar refractivity (Wildman–Crippen MR) is 83.7 cm³/mol. The molecule has 1 aromatic heterocycles. The van der Waals surface area contributed by atoms with Crippen LogP contribution in [-0.4, -0.2) is 41.2 Å². The van der Waals surface area contributed by atoms with Crippen LogP contribution in [0.1, 0.15) is 36.0 Å². The number of hydrogen-bond donors (Lipinski definition) is 0. The minimum absolute atomic E-state index is 0.0139. The molecular weight excluding hydrogens is 313 g/mol. The summed E-state index contributed by atoms with van der Waals surface area (Å²) in [5.74, 6) is 0.946. The Hall–Kier alpha value is -2.28. The molecule has 7 heteroatoms. The van der Waals surface area contributed by atoms with E-state index in [0.29, 0.717) is 50.7 Å². The molecule has 1 aliphatic rings. The highest BCUT2D eigenvalue weighted by Gasteiger charge is 2.30. The van der Waals surface area contributed by atoms with E-state index in [4.69, 9.17) is 9.26 Å². The second kappa shape index (κ2) is 7.53. The van der Waals surface area contributed by atoms with Crippen molar-refractivity contribution < 1.29 is 18.4 Å². The number of ether oxygens (including phenoxy) is 1. The molecule has 24 heavy (non-hydrogen) atoms. The van der Waals surface area contributed by atoms with E-state index >= 15 is 0 Å². The molecular formula is C17H20FN3O3. The van der Waals surface area contributed by atoms with Crippen molar-refractivity contribution in [3.8, 4) is 0 Å². The number of nitrogens with zero attached hydrogens (tertiary/aromatic N) is 3. The molecule has 1 aromatic carbocycles. The average Bonchev–Trinajstić information content (AvgIpc) is 3.04. The fourth-order valence-corrected chi connectivity index (χ4v) is 2.85. The summed E-state index contributed by atoms with van der Waals surface area (Å²) >= 11 is 0. The number of aromatic nitrogens is 2. The van der Waals surface area contributed by atoms with E-state index in [-0.39, 0.29) is 17.6 Å². The molecule has 0 radical (unpaired) electrons. The SMILES string of the molecule is COCCc1noc(C2CCC(=O)N(Cc3cccc(F)c3)C2)n1. The van der Waals surface area contributed by atoms with Crippen LogP contribution in [0.15, 0.2) is 28.8 Å². The largest absolute Gasteiger partial charge is 0.384 e. The fraction of sp³-hybridized carbons (Fsp3) is 0.471. The van der Waals surface area contributed by atoms with Crippen molar-refractivity contribution >= 4 is 5.91 Å². The van der Waals surface area contributed by atoms with E-state index in [1.54, 1.807) is 18.1 Å². The van der Waals surface area contributed by atoms with Crippen LogP contribution in [0.2, 0.25) is 0 Å². The lowest BCUT2D eigenvalue weighted by Crippen LogP contribution is -2.38. The third-order valence-electron chi connectivity index (χ3n) is 4.13. The highest BCUT2D eigenvalue weighted by Crippen LogP contribution is 2.27. The molecule has 0 aliphatic carbocycles. The molecule has 6 nitrogen and oxygen atoms in total. The van der Waals surface area contributed by atoms with Gasteiger partial charge in [-0.25, -0.2) is 4.39 Å². The van der Waals surface area contributed by atoms with Gasteiger partial charge in [0.15, 0.2) is 5.82 Å². The molecule has 3 rings (SSSR count). The third kappa shape index (κ3) is 3.97. The Morgan fingerprint density at radius 2 is 2.33 bits per heavy atom. The van der Waals surface area contributed by atoms with Crippen LogP contribution in [0.4, 0.5) is 4.39 Å². The molecule has 1 atom stereocenters. The summed E-state index contributed by atoms with van der Waals surface area (Å²) in [7, 11) is 1.62. The van der Waals surface area contributed by atoms with Crippen LogP contribution in [0.5, 0.6) is 0 Å². The Morgan fingerprint density at radius 3 is 3.12 bits per heavy atom. The van der Waals surface area contributed by atoms with Crippen LogP contribution >= 0.6 is 0 Å². The van der Waals surface area contributed by atoms with Crippen molar-refractivity contribution in [2.45, 2.75) is 31.7 Å². The van der Waals surface area contributed by atoms with E-state index in [0.717, 1.165) is 5.56 Å². The van der Waals surface area contributed by atoms with Crippen LogP contribution < -0.4 is 0 Å². The lowest BCUT2D eigenvalue weighted by molar-refractivity contribution is -0.134. The van der Waals surface area contributed by atoms with Crippen molar-refractivity contribution in [2.24, 2.45) is 0 Å². The standard InChI is InChI=1S/C17H20FN3O3/c1-23-8-7-15-19-17(24-20-15)13-5-6-16(22)21(11-13)10-12-3-2-4-14(18)9-12/h2-4,9,13H,5-8,10-11H2,1H3. The zero-order valence-electron chi connectivity index (χ0n) is 13.6. The second-order valence-electron chi connectivity index (χ2n) is 5.93. The summed E-state index contributed by atoms with van der Waals surface area (Å²) in [6.45, 7) is 1.42. The van der Waals surface area contributed by atoms with Crippen LogP contribution in [0.3, 0.4) is 0 Å². The van der Waals surface area contributed by atoms with Gasteiger partial charge in [0.25, 0.3) is 0 Å². The Balaban J connectivity index is 1.66. The number of methoxy groups -OCH3 is 1. The van der Waals surface area contributed by atoms with Gasteiger partial charge in [0.1, 0.15) is 5.82 Å². The van der Waals surface area contributed by atoms with E-state index in [1.807, 2.05) is 6.07 Å². The average molecular weight is 333 g/mol. The first-order valence-corrected chi connectivity index (χ1v) is 7.99. The number of hydrogen-bond acceptors (Lipinski definition) is 5. The van der Waals surface area contributed by atoms with E-state index in [9.17, 15) is 9.18 Å². The van der Waals surface area contributed by atoms with Crippen LogP contribution in [-0.2, 0) is 22.5 Å². The summed E-state index contributed by atoms with van der Waals surface area (Å²) in [5, 5.41) is 3.95. The van der Waals surface area contributed by atoms with E-state index in [2.05, 4.69) is 10.1 Å². The number of carbonyl (C=O) groups excluding carboxylic acids is 1. The van der Waals surface area contributed by atoms with Gasteiger partial charge in [0.2, 0.25) is 11.8 Å². The number of rotatable bonds is 6. The molecule has 0 spiro atoms. The first-order chi connectivity index (χ1) is 11.7. The minimum atomic E-state index is -0.298. The summed E-state index contributed by atoms with van der Waals surface area (Å²) in [5.41, 5.74) is 0.773. The topological polar surface area (TPSA) is 68.5 Å². The molecule has 1 fully saturated rings. The Bertz CT molecular complexity index is 704. The number of amides is 1. The van der Waals surface area contributed by atoms with Gasteiger partial charge in [-0.2, -0.15) is 4.98 Å². The van der Waals surface area contributed by atoms with Gasteiger partial charge in [0, 0.05) is 33.0 Å². The molecule has 0 N–H and O–H groups in total. The molecule has 0 bridgehead atoms. The first-order valence-electron chi connectivity index (χ1n) is 7.99. The van der Waals surface area contributed by atoms with Crippen molar-refractivity contribution in [2.75, 3.05) is 20.3 Å². The summed E-state index contributed by atoms with van der Waals surface area (Å²) in [6.07, 6.45) is 1.71. The maximum Gasteiger partial charge on any atom is 0.231 e. The Kier molecular flexibility index (Phi) is 5.20. The number of likely N-dealkylation sites (tertiary alicyclic amines) is 1. The zero-order chi connectivity index (χ0) is 16.9. The molecule has 2 heterocycles. The zero-order valence-corrected chi connectivity index (χ0v) is 13.6. The summed E-state index contributed by atoms with van der Waals surface area (Å²) < 4.78 is 23.7. The van der Waals surface area contributed by atoms with Crippen molar-refractivity contribution in [1.82, 2.24) is 15.0 Å². The monoisotopic (exact) mass is 333 g/mol. The Labute approximate surface area is 139 Å². The van der Waals surface area contributed by atoms with Gasteiger partial charge in [-0.15, -0.1) is 0 Å². The quantitative estimate of drug-likeness (QED) is 0.811. The molecule has 0 saturated carbocycles.